The maximum absolute atomic E-state index is 13.0. The van der Waals surface area contributed by atoms with Crippen LogP contribution in [0.2, 0.25) is 0 Å². The number of nitrogens with zero attached hydrogens (tertiary/aromatic N) is 2. The summed E-state index contributed by atoms with van der Waals surface area (Å²) >= 11 is 5.48. The molecular weight excluding hydrogens is 387 g/mol. The normalized spacial score (nSPS) is 14.5. The van der Waals surface area contributed by atoms with Crippen LogP contribution in [-0.4, -0.2) is 53.5 Å². The summed E-state index contributed by atoms with van der Waals surface area (Å²) in [6.07, 6.45) is 0. The number of anilines is 1. The van der Waals surface area contributed by atoms with Crippen molar-refractivity contribution in [2.24, 2.45) is 0 Å². The number of carbonyl (C=O) groups is 1. The van der Waals surface area contributed by atoms with Crippen molar-refractivity contribution in [2.75, 3.05) is 38.0 Å². The highest BCUT2D eigenvalue weighted by Crippen LogP contribution is 2.19. The highest BCUT2D eigenvalue weighted by Gasteiger charge is 2.21. The molecule has 1 aliphatic rings. The zero-order valence-corrected chi connectivity index (χ0v) is 17.7. The molecule has 154 valence electrons. The van der Waals surface area contributed by atoms with Gasteiger partial charge >= 0.3 is 0 Å². The van der Waals surface area contributed by atoms with Gasteiger partial charge in [0, 0.05) is 38.4 Å². The number of halogens is 1. The van der Waals surface area contributed by atoms with Crippen molar-refractivity contribution in [2.45, 2.75) is 20.4 Å². The van der Waals surface area contributed by atoms with Crippen LogP contribution < -0.4 is 10.6 Å². The fourth-order valence-electron chi connectivity index (χ4n) is 3.39. The smallest absolute Gasteiger partial charge is 0.238 e. The van der Waals surface area contributed by atoms with Crippen LogP contribution in [0.3, 0.4) is 0 Å². The number of hydrogen-bond donors (Lipinski definition) is 2. The summed E-state index contributed by atoms with van der Waals surface area (Å²) in [5.41, 5.74) is 4.03. The van der Waals surface area contributed by atoms with E-state index in [2.05, 4.69) is 20.4 Å². The molecule has 1 amide bonds. The number of aryl methyl sites for hydroxylation is 2. The summed E-state index contributed by atoms with van der Waals surface area (Å²) in [4.78, 5) is 16.7. The minimum Gasteiger partial charge on any atom is -0.358 e. The standard InChI is InChI=1S/C22H27FN4OS/c1-16-4-3-5-17(2)21(16)25-20(28)15-26-10-12-27(13-11-26)22(29)24-14-18-6-8-19(23)9-7-18/h3-9H,10-15H2,1-2H3,(H,24,29)(H,25,28). The summed E-state index contributed by atoms with van der Waals surface area (Å²) in [6, 6.07) is 12.4. The molecule has 1 aliphatic heterocycles. The molecule has 5 nitrogen and oxygen atoms in total. The molecular formula is C22H27FN4OS. The lowest BCUT2D eigenvalue weighted by atomic mass is 10.1. The van der Waals surface area contributed by atoms with Crippen LogP contribution in [-0.2, 0) is 11.3 Å². The Morgan fingerprint density at radius 1 is 1.03 bits per heavy atom. The van der Waals surface area contributed by atoms with Gasteiger partial charge in [-0.05, 0) is 54.9 Å². The van der Waals surface area contributed by atoms with E-state index in [0.29, 0.717) is 18.2 Å². The van der Waals surface area contributed by atoms with E-state index in [1.165, 1.54) is 12.1 Å². The van der Waals surface area contributed by atoms with Crippen LogP contribution in [0.1, 0.15) is 16.7 Å². The number of piperazine rings is 1. The van der Waals surface area contributed by atoms with Gasteiger partial charge in [-0.25, -0.2) is 4.39 Å². The number of rotatable bonds is 5. The lowest BCUT2D eigenvalue weighted by molar-refractivity contribution is -0.117. The molecule has 0 radical (unpaired) electrons. The molecule has 3 rings (SSSR count). The average molecular weight is 415 g/mol. The second-order valence-electron chi connectivity index (χ2n) is 7.36. The molecule has 7 heteroatoms. The van der Waals surface area contributed by atoms with Gasteiger partial charge in [0.15, 0.2) is 5.11 Å². The van der Waals surface area contributed by atoms with Crippen molar-refractivity contribution in [1.29, 1.82) is 0 Å². The molecule has 2 aromatic carbocycles. The van der Waals surface area contributed by atoms with E-state index < -0.39 is 0 Å². The molecule has 0 bridgehead atoms. The van der Waals surface area contributed by atoms with Gasteiger partial charge in [0.05, 0.1) is 6.54 Å². The van der Waals surface area contributed by atoms with Crippen molar-refractivity contribution < 1.29 is 9.18 Å². The first kappa shape index (κ1) is 21.2. The van der Waals surface area contributed by atoms with Crippen LogP contribution in [0.4, 0.5) is 10.1 Å². The predicted octanol–water partition coefficient (Wildman–Crippen LogP) is 3.07. The molecule has 1 fully saturated rings. The van der Waals surface area contributed by atoms with Gasteiger partial charge in [0.1, 0.15) is 5.82 Å². The Balaban J connectivity index is 1.42. The number of benzene rings is 2. The Bertz CT molecular complexity index is 843. The van der Waals surface area contributed by atoms with Gasteiger partial charge in [-0.2, -0.15) is 0 Å². The van der Waals surface area contributed by atoms with E-state index in [9.17, 15) is 9.18 Å². The Morgan fingerprint density at radius 2 is 1.66 bits per heavy atom. The molecule has 2 N–H and O–H groups in total. The maximum atomic E-state index is 13.0. The van der Waals surface area contributed by atoms with Crippen molar-refractivity contribution >= 4 is 28.9 Å². The van der Waals surface area contributed by atoms with Crippen LogP contribution in [0.25, 0.3) is 0 Å². The lowest BCUT2D eigenvalue weighted by Crippen LogP contribution is -2.52. The third-order valence-corrected chi connectivity index (χ3v) is 5.53. The van der Waals surface area contributed by atoms with Gasteiger partial charge < -0.3 is 15.5 Å². The van der Waals surface area contributed by atoms with Gasteiger partial charge in [0.25, 0.3) is 0 Å². The highest BCUT2D eigenvalue weighted by atomic mass is 32.1. The molecule has 0 aromatic heterocycles. The molecule has 0 aliphatic carbocycles. The lowest BCUT2D eigenvalue weighted by Gasteiger charge is -2.35. The van der Waals surface area contributed by atoms with Crippen LogP contribution in [0.15, 0.2) is 42.5 Å². The quantitative estimate of drug-likeness (QED) is 0.737. The largest absolute Gasteiger partial charge is 0.358 e. The minimum absolute atomic E-state index is 0.00728. The zero-order valence-electron chi connectivity index (χ0n) is 16.9. The number of amides is 1. The Labute approximate surface area is 176 Å². The van der Waals surface area contributed by atoms with Crippen LogP contribution >= 0.6 is 12.2 Å². The second-order valence-corrected chi connectivity index (χ2v) is 7.75. The van der Waals surface area contributed by atoms with Crippen molar-refractivity contribution in [3.05, 3.63) is 65.0 Å². The summed E-state index contributed by atoms with van der Waals surface area (Å²) in [5.74, 6) is -0.234. The monoisotopic (exact) mass is 414 g/mol. The van der Waals surface area contributed by atoms with E-state index in [4.69, 9.17) is 12.2 Å². The molecule has 0 saturated carbocycles. The molecule has 0 atom stereocenters. The van der Waals surface area contributed by atoms with E-state index in [1.807, 2.05) is 32.0 Å². The first-order chi connectivity index (χ1) is 13.9. The average Bonchev–Trinajstić information content (AvgIpc) is 2.71. The number of para-hydroxylation sites is 1. The summed E-state index contributed by atoms with van der Waals surface area (Å²) in [6.45, 7) is 8.03. The van der Waals surface area contributed by atoms with E-state index >= 15 is 0 Å². The molecule has 0 unspecified atom stereocenters. The number of carbonyl (C=O) groups excluding carboxylic acids is 1. The number of nitrogens with one attached hydrogen (secondary N) is 2. The van der Waals surface area contributed by atoms with Crippen LogP contribution in [0, 0.1) is 19.7 Å². The second kappa shape index (κ2) is 9.80. The highest BCUT2D eigenvalue weighted by molar-refractivity contribution is 7.80. The predicted molar refractivity (Wildman–Crippen MR) is 118 cm³/mol. The third-order valence-electron chi connectivity index (χ3n) is 5.13. The third kappa shape index (κ3) is 5.98. The number of hydrogen-bond acceptors (Lipinski definition) is 3. The van der Waals surface area contributed by atoms with Gasteiger partial charge in [-0.1, -0.05) is 30.3 Å². The SMILES string of the molecule is Cc1cccc(C)c1NC(=O)CN1CCN(C(=S)NCc2ccc(F)cc2)CC1. The summed E-state index contributed by atoms with van der Waals surface area (Å²) in [7, 11) is 0. The molecule has 1 saturated heterocycles. The van der Waals surface area contributed by atoms with Crippen molar-refractivity contribution in [1.82, 2.24) is 15.1 Å². The minimum atomic E-state index is -0.242. The Kier molecular flexibility index (Phi) is 7.17. The topological polar surface area (TPSA) is 47.6 Å². The van der Waals surface area contributed by atoms with Gasteiger partial charge in [-0.15, -0.1) is 0 Å². The zero-order chi connectivity index (χ0) is 20.8. The Morgan fingerprint density at radius 3 is 2.28 bits per heavy atom. The van der Waals surface area contributed by atoms with Crippen molar-refractivity contribution in [3.8, 4) is 0 Å². The van der Waals surface area contributed by atoms with Crippen molar-refractivity contribution in [3.63, 3.8) is 0 Å². The maximum Gasteiger partial charge on any atom is 0.238 e. The Hall–Kier alpha value is -2.51. The fraction of sp³-hybridized carbons (Fsp3) is 0.364. The van der Waals surface area contributed by atoms with Gasteiger partial charge in [0.2, 0.25) is 5.91 Å². The van der Waals surface area contributed by atoms with Gasteiger partial charge in [-0.3, -0.25) is 9.69 Å². The van der Waals surface area contributed by atoms with Crippen LogP contribution in [0.5, 0.6) is 0 Å². The molecule has 0 spiro atoms. The molecule has 29 heavy (non-hydrogen) atoms. The van der Waals surface area contributed by atoms with E-state index in [-0.39, 0.29) is 11.7 Å². The molecule has 1 heterocycles. The first-order valence-corrected chi connectivity index (χ1v) is 10.2. The number of thiocarbonyl (C=S) groups is 1. The van der Waals surface area contributed by atoms with E-state index in [1.54, 1.807) is 12.1 Å². The summed E-state index contributed by atoms with van der Waals surface area (Å²) in [5, 5.41) is 6.96. The van der Waals surface area contributed by atoms with E-state index in [0.717, 1.165) is 48.6 Å². The molecule has 2 aromatic rings. The first-order valence-electron chi connectivity index (χ1n) is 9.78. The fourth-order valence-corrected chi connectivity index (χ4v) is 3.65. The summed E-state index contributed by atoms with van der Waals surface area (Å²) < 4.78 is 13.0.